The molecule has 0 bridgehead atoms. The summed E-state index contributed by atoms with van der Waals surface area (Å²) in [5.74, 6) is -0.887. The van der Waals surface area contributed by atoms with Gasteiger partial charge in [-0.2, -0.15) is 5.26 Å². The largest absolute Gasteiger partial charge is 0.309 e. The molecule has 0 spiro atoms. The molecule has 2 nitrogen and oxygen atoms in total. The van der Waals surface area contributed by atoms with E-state index < -0.39 is 11.6 Å². The van der Waals surface area contributed by atoms with Crippen LogP contribution in [0.5, 0.6) is 0 Å². The summed E-state index contributed by atoms with van der Waals surface area (Å²) in [6, 6.07) is 10.6. The predicted molar refractivity (Wildman–Crippen MR) is 73.1 cm³/mol. The second-order valence-corrected chi connectivity index (χ2v) is 4.68. The lowest BCUT2D eigenvalue weighted by Crippen LogP contribution is -2.13. The van der Waals surface area contributed by atoms with Gasteiger partial charge in [-0.3, -0.25) is 0 Å². The first-order chi connectivity index (χ1) is 9.60. The first-order valence-corrected chi connectivity index (χ1v) is 6.31. The van der Waals surface area contributed by atoms with E-state index in [1.807, 2.05) is 6.07 Å². The zero-order valence-electron chi connectivity index (χ0n) is 10.5. The first kappa shape index (κ1) is 14.4. The van der Waals surface area contributed by atoms with E-state index in [1.165, 1.54) is 18.2 Å². The highest BCUT2D eigenvalue weighted by atomic mass is 35.5. The van der Waals surface area contributed by atoms with Gasteiger partial charge in [0.25, 0.3) is 0 Å². The van der Waals surface area contributed by atoms with Crippen LogP contribution in [0, 0.1) is 23.0 Å². The monoisotopic (exact) mass is 292 g/mol. The van der Waals surface area contributed by atoms with Crippen molar-refractivity contribution in [2.75, 3.05) is 0 Å². The van der Waals surface area contributed by atoms with E-state index in [2.05, 4.69) is 5.32 Å². The van der Waals surface area contributed by atoms with Gasteiger partial charge in [-0.05, 0) is 29.8 Å². The van der Waals surface area contributed by atoms with Crippen molar-refractivity contribution in [3.05, 3.63) is 69.7 Å². The molecule has 0 aromatic heterocycles. The number of hydrogen-bond acceptors (Lipinski definition) is 2. The summed E-state index contributed by atoms with van der Waals surface area (Å²) in [6.45, 7) is 0.756. The van der Waals surface area contributed by atoms with Gasteiger partial charge in [-0.15, -0.1) is 0 Å². The Morgan fingerprint density at radius 2 is 1.85 bits per heavy atom. The van der Waals surface area contributed by atoms with Crippen molar-refractivity contribution in [3.8, 4) is 6.07 Å². The SMILES string of the molecule is N#Cc1ccc(CNCc2ccc(F)c(Cl)c2)c(F)c1. The Hall–Kier alpha value is -1.96. The fourth-order valence-corrected chi connectivity index (χ4v) is 1.95. The fourth-order valence-electron chi connectivity index (χ4n) is 1.75. The normalized spacial score (nSPS) is 10.3. The highest BCUT2D eigenvalue weighted by molar-refractivity contribution is 6.30. The molecule has 0 amide bonds. The molecule has 20 heavy (non-hydrogen) atoms. The molecule has 2 aromatic rings. The van der Waals surface area contributed by atoms with Crippen molar-refractivity contribution in [1.82, 2.24) is 5.32 Å². The van der Waals surface area contributed by atoms with E-state index in [0.717, 1.165) is 5.56 Å². The van der Waals surface area contributed by atoms with E-state index in [9.17, 15) is 8.78 Å². The molecular formula is C15H11ClF2N2. The van der Waals surface area contributed by atoms with E-state index in [4.69, 9.17) is 16.9 Å². The van der Waals surface area contributed by atoms with Gasteiger partial charge in [-0.25, -0.2) is 8.78 Å². The van der Waals surface area contributed by atoms with E-state index in [-0.39, 0.29) is 10.6 Å². The lowest BCUT2D eigenvalue weighted by Gasteiger charge is -2.07. The Kier molecular flexibility index (Phi) is 4.67. The molecule has 1 N–H and O–H groups in total. The molecule has 2 aromatic carbocycles. The minimum atomic E-state index is -0.464. The summed E-state index contributed by atoms with van der Waals surface area (Å²) in [7, 11) is 0. The fraction of sp³-hybridized carbons (Fsp3) is 0.133. The average Bonchev–Trinajstić information content (AvgIpc) is 2.44. The number of rotatable bonds is 4. The van der Waals surface area contributed by atoms with Gasteiger partial charge in [-0.1, -0.05) is 23.7 Å². The summed E-state index contributed by atoms with van der Waals surface area (Å²) in [5.41, 5.74) is 1.57. The van der Waals surface area contributed by atoms with Crippen LogP contribution in [-0.2, 0) is 13.1 Å². The van der Waals surface area contributed by atoms with Crippen LogP contribution < -0.4 is 5.32 Å². The molecule has 0 saturated heterocycles. The second kappa shape index (κ2) is 6.47. The van der Waals surface area contributed by atoms with Gasteiger partial charge < -0.3 is 5.32 Å². The van der Waals surface area contributed by atoms with Crippen molar-refractivity contribution in [3.63, 3.8) is 0 Å². The highest BCUT2D eigenvalue weighted by Gasteiger charge is 2.04. The molecule has 0 aliphatic heterocycles. The Bertz CT molecular complexity index is 665. The standard InChI is InChI=1S/C15H11ClF2N2/c16-13-5-11(2-4-14(13)17)8-20-9-12-3-1-10(7-19)6-15(12)18/h1-6,20H,8-9H2. The maximum Gasteiger partial charge on any atom is 0.141 e. The van der Waals surface area contributed by atoms with Gasteiger partial charge in [0, 0.05) is 18.7 Å². The van der Waals surface area contributed by atoms with Crippen LogP contribution in [0.3, 0.4) is 0 Å². The Labute approximate surface area is 120 Å². The highest BCUT2D eigenvalue weighted by Crippen LogP contribution is 2.16. The molecule has 0 saturated carbocycles. The molecule has 0 unspecified atom stereocenters. The molecule has 0 aliphatic carbocycles. The third kappa shape index (κ3) is 3.53. The van der Waals surface area contributed by atoms with Gasteiger partial charge in [0.05, 0.1) is 16.7 Å². The Morgan fingerprint density at radius 1 is 1.05 bits per heavy atom. The first-order valence-electron chi connectivity index (χ1n) is 5.93. The summed E-state index contributed by atoms with van der Waals surface area (Å²) < 4.78 is 26.6. The maximum absolute atomic E-state index is 13.6. The van der Waals surface area contributed by atoms with E-state index in [0.29, 0.717) is 18.7 Å². The Morgan fingerprint density at radius 3 is 2.50 bits per heavy atom. The number of benzene rings is 2. The van der Waals surface area contributed by atoms with Crippen molar-refractivity contribution in [1.29, 1.82) is 5.26 Å². The number of nitriles is 1. The van der Waals surface area contributed by atoms with Crippen LogP contribution in [0.2, 0.25) is 5.02 Å². The van der Waals surface area contributed by atoms with Crippen LogP contribution >= 0.6 is 11.6 Å². The van der Waals surface area contributed by atoms with Crippen LogP contribution in [0.25, 0.3) is 0 Å². The molecule has 0 heterocycles. The molecule has 102 valence electrons. The quantitative estimate of drug-likeness (QED) is 0.931. The van der Waals surface area contributed by atoms with Crippen molar-refractivity contribution in [2.45, 2.75) is 13.1 Å². The molecule has 5 heteroatoms. The van der Waals surface area contributed by atoms with Crippen LogP contribution in [0.15, 0.2) is 36.4 Å². The average molecular weight is 293 g/mol. The second-order valence-electron chi connectivity index (χ2n) is 4.27. The topological polar surface area (TPSA) is 35.8 Å². The van der Waals surface area contributed by atoms with Gasteiger partial charge in [0.1, 0.15) is 11.6 Å². The van der Waals surface area contributed by atoms with Crippen LogP contribution in [0.1, 0.15) is 16.7 Å². The molecular weight excluding hydrogens is 282 g/mol. The minimum absolute atomic E-state index is 0.0638. The van der Waals surface area contributed by atoms with Crippen molar-refractivity contribution < 1.29 is 8.78 Å². The summed E-state index contributed by atoms with van der Waals surface area (Å²) >= 11 is 5.67. The maximum atomic E-state index is 13.6. The molecule has 0 atom stereocenters. The molecule has 2 rings (SSSR count). The van der Waals surface area contributed by atoms with E-state index >= 15 is 0 Å². The van der Waals surface area contributed by atoms with Crippen LogP contribution in [0.4, 0.5) is 8.78 Å². The number of halogens is 3. The molecule has 0 radical (unpaired) electrons. The lowest BCUT2D eigenvalue weighted by atomic mass is 10.1. The van der Waals surface area contributed by atoms with E-state index in [1.54, 1.807) is 18.2 Å². The lowest BCUT2D eigenvalue weighted by molar-refractivity contribution is 0.587. The number of nitrogens with one attached hydrogen (secondary N) is 1. The third-order valence-corrected chi connectivity index (χ3v) is 3.10. The zero-order chi connectivity index (χ0) is 14.5. The molecule has 0 aliphatic rings. The van der Waals surface area contributed by atoms with Gasteiger partial charge in [0.2, 0.25) is 0 Å². The zero-order valence-corrected chi connectivity index (χ0v) is 11.2. The summed E-state index contributed by atoms with van der Waals surface area (Å²) in [4.78, 5) is 0. The summed E-state index contributed by atoms with van der Waals surface area (Å²) in [5, 5.41) is 11.8. The molecule has 0 fully saturated rings. The Balaban J connectivity index is 1.96. The number of nitrogens with zero attached hydrogens (tertiary/aromatic N) is 1. The van der Waals surface area contributed by atoms with Crippen molar-refractivity contribution in [2.24, 2.45) is 0 Å². The minimum Gasteiger partial charge on any atom is -0.309 e. The predicted octanol–water partition coefficient (Wildman–Crippen LogP) is 3.78. The smallest absolute Gasteiger partial charge is 0.141 e. The van der Waals surface area contributed by atoms with Crippen LogP contribution in [-0.4, -0.2) is 0 Å². The summed E-state index contributed by atoms with van der Waals surface area (Å²) in [6.07, 6.45) is 0. The number of hydrogen-bond donors (Lipinski definition) is 1. The van der Waals surface area contributed by atoms with Gasteiger partial charge >= 0.3 is 0 Å². The third-order valence-electron chi connectivity index (χ3n) is 2.81. The van der Waals surface area contributed by atoms with Crippen molar-refractivity contribution >= 4 is 11.6 Å². The van der Waals surface area contributed by atoms with Gasteiger partial charge in [0.15, 0.2) is 0 Å².